The van der Waals surface area contributed by atoms with E-state index in [9.17, 15) is 8.42 Å². The maximum Gasteiger partial charge on any atom is 0.263 e. The van der Waals surface area contributed by atoms with Gasteiger partial charge in [-0.05, 0) is 36.4 Å². The largest absolute Gasteiger partial charge is 0.455 e. The molecule has 0 bridgehead atoms. The van der Waals surface area contributed by atoms with Crippen molar-refractivity contribution < 1.29 is 13.2 Å². The Balaban J connectivity index is 1.95. The van der Waals surface area contributed by atoms with E-state index in [1.165, 1.54) is 12.1 Å². The molecule has 0 aliphatic carbocycles. The zero-order chi connectivity index (χ0) is 18.7. The maximum absolute atomic E-state index is 12.7. The molecule has 8 heteroatoms. The molecule has 0 aliphatic heterocycles. The molecule has 0 radical (unpaired) electrons. The second kappa shape index (κ2) is 7.76. The summed E-state index contributed by atoms with van der Waals surface area (Å²) >= 11 is 17.8. The van der Waals surface area contributed by atoms with Crippen LogP contribution in [-0.4, -0.2) is 8.42 Å². The predicted octanol–water partition coefficient (Wildman–Crippen LogP) is 6.24. The van der Waals surface area contributed by atoms with Gasteiger partial charge in [-0.3, -0.25) is 4.72 Å². The molecule has 3 rings (SSSR count). The summed E-state index contributed by atoms with van der Waals surface area (Å²) in [5.41, 5.74) is 0.262. The van der Waals surface area contributed by atoms with Gasteiger partial charge in [0.05, 0.1) is 20.8 Å². The summed E-state index contributed by atoms with van der Waals surface area (Å²) in [4.78, 5) is -0.178. The Labute approximate surface area is 166 Å². The number of hydrogen-bond donors (Lipinski definition) is 1. The van der Waals surface area contributed by atoms with Gasteiger partial charge in [0.1, 0.15) is 10.6 Å². The van der Waals surface area contributed by atoms with E-state index in [0.717, 1.165) is 0 Å². The van der Waals surface area contributed by atoms with E-state index in [2.05, 4.69) is 4.72 Å². The topological polar surface area (TPSA) is 55.4 Å². The summed E-state index contributed by atoms with van der Waals surface area (Å²) in [6, 6.07) is 18.2. The van der Waals surface area contributed by atoms with Crippen LogP contribution in [0.3, 0.4) is 0 Å². The third kappa shape index (κ3) is 4.24. The van der Waals surface area contributed by atoms with Crippen LogP contribution in [0.1, 0.15) is 0 Å². The number of ether oxygens (including phenoxy) is 1. The lowest BCUT2D eigenvalue weighted by atomic mass is 10.3. The lowest BCUT2D eigenvalue weighted by Crippen LogP contribution is -2.14. The second-order valence-corrected chi connectivity index (χ2v) is 8.09. The van der Waals surface area contributed by atoms with E-state index >= 15 is 0 Å². The van der Waals surface area contributed by atoms with Crippen LogP contribution in [0.5, 0.6) is 11.5 Å². The third-order valence-electron chi connectivity index (χ3n) is 3.37. The molecule has 3 aromatic rings. The summed E-state index contributed by atoms with van der Waals surface area (Å²) in [5.74, 6) is 0.921. The van der Waals surface area contributed by atoms with Gasteiger partial charge in [0.15, 0.2) is 5.75 Å². The number of sulfonamides is 1. The summed E-state index contributed by atoms with van der Waals surface area (Å²) in [6.07, 6.45) is 0. The van der Waals surface area contributed by atoms with Crippen LogP contribution in [0, 0.1) is 0 Å². The lowest BCUT2D eigenvalue weighted by Gasteiger charge is -2.14. The van der Waals surface area contributed by atoms with E-state index in [1.807, 2.05) is 18.2 Å². The highest BCUT2D eigenvalue weighted by atomic mass is 35.5. The molecule has 0 amide bonds. The van der Waals surface area contributed by atoms with Crippen molar-refractivity contribution in [1.82, 2.24) is 0 Å². The number of rotatable bonds is 5. The van der Waals surface area contributed by atoms with Gasteiger partial charge in [0.2, 0.25) is 0 Å². The minimum Gasteiger partial charge on any atom is -0.455 e. The number of nitrogens with one attached hydrogen (secondary N) is 1. The molecule has 0 heterocycles. The molecule has 26 heavy (non-hydrogen) atoms. The Morgan fingerprint density at radius 1 is 0.769 bits per heavy atom. The SMILES string of the molecule is O=S(=O)(Nc1ccccc1Oc1ccccc1)c1cc(Cl)c(Cl)cc1Cl. The minimum absolute atomic E-state index is 0.0339. The molecule has 0 atom stereocenters. The van der Waals surface area contributed by atoms with Crippen molar-refractivity contribution in [3.8, 4) is 11.5 Å². The number of halogens is 3. The molecular weight excluding hydrogens is 417 g/mol. The van der Waals surface area contributed by atoms with Gasteiger partial charge in [-0.25, -0.2) is 8.42 Å². The Morgan fingerprint density at radius 3 is 2.12 bits per heavy atom. The predicted molar refractivity (Wildman–Crippen MR) is 105 cm³/mol. The highest BCUT2D eigenvalue weighted by molar-refractivity contribution is 7.92. The smallest absolute Gasteiger partial charge is 0.263 e. The van der Waals surface area contributed by atoms with Crippen LogP contribution in [0.15, 0.2) is 71.6 Å². The number of anilines is 1. The molecule has 0 saturated carbocycles. The molecule has 0 unspecified atom stereocenters. The molecular formula is C18H12Cl3NO3S. The molecule has 134 valence electrons. The van der Waals surface area contributed by atoms with Gasteiger partial charge in [-0.15, -0.1) is 0 Å². The third-order valence-corrected chi connectivity index (χ3v) is 5.92. The molecule has 0 saturated heterocycles. The monoisotopic (exact) mass is 427 g/mol. The summed E-state index contributed by atoms with van der Waals surface area (Å²) < 4.78 is 33.7. The first-order chi connectivity index (χ1) is 12.4. The first-order valence-electron chi connectivity index (χ1n) is 7.36. The van der Waals surface area contributed by atoms with Crippen LogP contribution in [0.2, 0.25) is 15.1 Å². The summed E-state index contributed by atoms with van der Waals surface area (Å²) in [7, 11) is -4.00. The van der Waals surface area contributed by atoms with Crippen molar-refractivity contribution in [2.75, 3.05) is 4.72 Å². The van der Waals surface area contributed by atoms with E-state index in [4.69, 9.17) is 39.5 Å². The number of hydrogen-bond acceptors (Lipinski definition) is 3. The van der Waals surface area contributed by atoms with Crippen molar-refractivity contribution in [2.45, 2.75) is 4.90 Å². The fraction of sp³-hybridized carbons (Fsp3) is 0. The fourth-order valence-electron chi connectivity index (χ4n) is 2.17. The first kappa shape index (κ1) is 18.9. The normalized spacial score (nSPS) is 11.2. The summed E-state index contributed by atoms with van der Waals surface area (Å²) in [5, 5.41) is 0.224. The van der Waals surface area contributed by atoms with Gasteiger partial charge >= 0.3 is 0 Å². The molecule has 4 nitrogen and oxygen atoms in total. The van der Waals surface area contributed by atoms with Crippen LogP contribution in [0.4, 0.5) is 5.69 Å². The number of para-hydroxylation sites is 3. The van der Waals surface area contributed by atoms with Crippen LogP contribution in [0.25, 0.3) is 0 Å². The zero-order valence-corrected chi connectivity index (χ0v) is 16.2. The zero-order valence-electron chi connectivity index (χ0n) is 13.1. The Hall–Kier alpha value is -1.92. The standard InChI is InChI=1S/C18H12Cl3NO3S/c19-13-10-15(21)18(11-14(13)20)26(23,24)22-16-8-4-5-9-17(16)25-12-6-2-1-3-7-12/h1-11,22H. The number of benzene rings is 3. The second-order valence-electron chi connectivity index (χ2n) is 5.21. The first-order valence-corrected chi connectivity index (χ1v) is 9.98. The average molecular weight is 429 g/mol. The average Bonchev–Trinajstić information content (AvgIpc) is 2.60. The Kier molecular flexibility index (Phi) is 5.63. The quantitative estimate of drug-likeness (QED) is 0.489. The molecule has 0 spiro atoms. The van der Waals surface area contributed by atoms with Crippen molar-refractivity contribution in [3.63, 3.8) is 0 Å². The van der Waals surface area contributed by atoms with Crippen molar-refractivity contribution in [3.05, 3.63) is 81.8 Å². The van der Waals surface area contributed by atoms with E-state index in [-0.39, 0.29) is 25.7 Å². The highest BCUT2D eigenvalue weighted by Crippen LogP contribution is 2.35. The molecule has 1 N–H and O–H groups in total. The lowest BCUT2D eigenvalue weighted by molar-refractivity contribution is 0.485. The van der Waals surface area contributed by atoms with Crippen LogP contribution >= 0.6 is 34.8 Å². The van der Waals surface area contributed by atoms with Crippen molar-refractivity contribution >= 4 is 50.5 Å². The Bertz CT molecular complexity index is 1040. The van der Waals surface area contributed by atoms with Gasteiger partial charge in [-0.2, -0.15) is 0 Å². The highest BCUT2D eigenvalue weighted by Gasteiger charge is 2.21. The van der Waals surface area contributed by atoms with Gasteiger partial charge in [0.25, 0.3) is 10.0 Å². The van der Waals surface area contributed by atoms with Gasteiger partial charge < -0.3 is 4.74 Å². The van der Waals surface area contributed by atoms with Crippen LogP contribution < -0.4 is 9.46 Å². The molecule has 0 aliphatic rings. The van der Waals surface area contributed by atoms with E-state index < -0.39 is 10.0 Å². The van der Waals surface area contributed by atoms with Crippen molar-refractivity contribution in [1.29, 1.82) is 0 Å². The molecule has 0 aromatic heterocycles. The van der Waals surface area contributed by atoms with E-state index in [0.29, 0.717) is 11.5 Å². The summed E-state index contributed by atoms with van der Waals surface area (Å²) in [6.45, 7) is 0. The minimum atomic E-state index is -4.00. The molecule has 0 fully saturated rings. The maximum atomic E-state index is 12.7. The fourth-order valence-corrected chi connectivity index (χ4v) is 4.24. The molecule has 3 aromatic carbocycles. The van der Waals surface area contributed by atoms with Crippen molar-refractivity contribution in [2.24, 2.45) is 0 Å². The Morgan fingerprint density at radius 2 is 1.38 bits per heavy atom. The van der Waals surface area contributed by atoms with Crippen LogP contribution in [-0.2, 0) is 10.0 Å². The van der Waals surface area contributed by atoms with Gasteiger partial charge in [0, 0.05) is 0 Å². The van der Waals surface area contributed by atoms with Gasteiger partial charge in [-0.1, -0.05) is 65.1 Å². The van der Waals surface area contributed by atoms with E-state index in [1.54, 1.807) is 36.4 Å².